The van der Waals surface area contributed by atoms with Crippen molar-refractivity contribution < 1.29 is 14.6 Å². The van der Waals surface area contributed by atoms with Crippen LogP contribution in [0.4, 0.5) is 0 Å². The Morgan fingerprint density at radius 3 is 3.00 bits per heavy atom. The van der Waals surface area contributed by atoms with Crippen LogP contribution in [-0.2, 0) is 4.74 Å². The number of hydrogen-bond donors (Lipinski definition) is 1. The minimum atomic E-state index is -0.475. The summed E-state index contributed by atoms with van der Waals surface area (Å²) in [5.74, 6) is -0.469. The largest absolute Gasteiger partial charge is 0.505 e. The molecule has 3 nitrogen and oxygen atoms in total. The molecule has 0 saturated heterocycles. The van der Waals surface area contributed by atoms with E-state index in [-0.39, 0.29) is 10.6 Å². The first-order valence-electron chi connectivity index (χ1n) is 4.71. The third kappa shape index (κ3) is 1.92. The topological polar surface area (TPSA) is 46.5 Å². The van der Waals surface area contributed by atoms with E-state index < -0.39 is 5.97 Å². The summed E-state index contributed by atoms with van der Waals surface area (Å²) in [5.41, 5.74) is 0. The minimum absolute atomic E-state index is 0.00551. The van der Waals surface area contributed by atoms with E-state index in [1.807, 2.05) is 12.1 Å². The van der Waals surface area contributed by atoms with Gasteiger partial charge in [0, 0.05) is 14.6 Å². The summed E-state index contributed by atoms with van der Waals surface area (Å²) in [4.78, 5) is 11.8. The van der Waals surface area contributed by atoms with Gasteiger partial charge in [0.25, 0.3) is 0 Å². The molecule has 16 heavy (non-hydrogen) atoms. The van der Waals surface area contributed by atoms with Gasteiger partial charge in [-0.05, 0) is 25.1 Å². The fourth-order valence-corrected chi connectivity index (χ4v) is 2.93. The maximum absolute atomic E-state index is 11.5. The van der Waals surface area contributed by atoms with E-state index in [9.17, 15) is 9.90 Å². The lowest BCUT2D eigenvalue weighted by molar-refractivity contribution is 0.0529. The number of hydrogen-bond acceptors (Lipinski definition) is 4. The summed E-state index contributed by atoms with van der Waals surface area (Å²) in [6.45, 7) is 2.04. The van der Waals surface area contributed by atoms with Crippen molar-refractivity contribution in [2.45, 2.75) is 6.92 Å². The van der Waals surface area contributed by atoms with Crippen LogP contribution >= 0.6 is 27.3 Å². The van der Waals surface area contributed by atoms with Crippen molar-refractivity contribution in [1.82, 2.24) is 0 Å². The Morgan fingerprint density at radius 2 is 2.31 bits per heavy atom. The highest BCUT2D eigenvalue weighted by atomic mass is 79.9. The summed E-state index contributed by atoms with van der Waals surface area (Å²) < 4.78 is 6.64. The van der Waals surface area contributed by atoms with Gasteiger partial charge < -0.3 is 9.84 Å². The summed E-state index contributed by atoms with van der Waals surface area (Å²) in [5, 5.41) is 10.5. The zero-order valence-corrected chi connectivity index (χ0v) is 10.9. The van der Waals surface area contributed by atoms with Crippen molar-refractivity contribution in [3.63, 3.8) is 0 Å². The standard InChI is InChI=1S/C11H9BrO3S/c1-2-15-11(14)10-9(13)7-4-3-6(12)5-8(7)16-10/h3-5,13H,2H2,1H3. The maximum Gasteiger partial charge on any atom is 0.352 e. The second-order valence-corrected chi connectivity index (χ2v) is 5.11. The number of thiophene rings is 1. The molecule has 0 aliphatic heterocycles. The number of ether oxygens (including phenoxy) is 1. The third-order valence-corrected chi connectivity index (χ3v) is 3.70. The van der Waals surface area contributed by atoms with Gasteiger partial charge in [0.05, 0.1) is 6.61 Å². The quantitative estimate of drug-likeness (QED) is 0.863. The lowest BCUT2D eigenvalue weighted by Crippen LogP contribution is -2.01. The van der Waals surface area contributed by atoms with Gasteiger partial charge in [0.1, 0.15) is 5.75 Å². The van der Waals surface area contributed by atoms with Crippen molar-refractivity contribution in [2.24, 2.45) is 0 Å². The molecule has 0 unspecified atom stereocenters. The van der Waals surface area contributed by atoms with Crippen molar-refractivity contribution in [2.75, 3.05) is 6.61 Å². The van der Waals surface area contributed by atoms with E-state index >= 15 is 0 Å². The minimum Gasteiger partial charge on any atom is -0.505 e. The van der Waals surface area contributed by atoms with Crippen molar-refractivity contribution in [1.29, 1.82) is 0 Å². The fourth-order valence-electron chi connectivity index (χ4n) is 1.39. The van der Waals surface area contributed by atoms with Gasteiger partial charge in [-0.3, -0.25) is 0 Å². The lowest BCUT2D eigenvalue weighted by atomic mass is 10.2. The smallest absolute Gasteiger partial charge is 0.352 e. The first kappa shape index (κ1) is 11.4. The molecule has 2 aromatic rings. The molecule has 0 saturated carbocycles. The molecule has 84 valence electrons. The molecular formula is C11H9BrO3S. The number of rotatable bonds is 2. The molecule has 0 bridgehead atoms. The molecule has 1 N–H and O–H groups in total. The number of aromatic hydroxyl groups is 1. The number of benzene rings is 1. The van der Waals surface area contributed by atoms with Gasteiger partial charge in [0.15, 0.2) is 4.88 Å². The average molecular weight is 301 g/mol. The molecule has 2 rings (SSSR count). The summed E-state index contributed by atoms with van der Waals surface area (Å²) in [6, 6.07) is 5.46. The SMILES string of the molecule is CCOC(=O)c1sc2cc(Br)ccc2c1O. The van der Waals surface area contributed by atoms with Gasteiger partial charge in [-0.25, -0.2) is 4.79 Å². The van der Waals surface area contributed by atoms with E-state index in [2.05, 4.69) is 15.9 Å². The van der Waals surface area contributed by atoms with Gasteiger partial charge >= 0.3 is 5.97 Å². The van der Waals surface area contributed by atoms with Crippen LogP contribution in [0.3, 0.4) is 0 Å². The van der Waals surface area contributed by atoms with Crippen LogP contribution in [0, 0.1) is 0 Å². The normalized spacial score (nSPS) is 10.6. The van der Waals surface area contributed by atoms with E-state index in [4.69, 9.17) is 4.74 Å². The third-order valence-electron chi connectivity index (χ3n) is 2.09. The first-order valence-corrected chi connectivity index (χ1v) is 6.32. The van der Waals surface area contributed by atoms with Crippen LogP contribution < -0.4 is 0 Å². The van der Waals surface area contributed by atoms with Gasteiger partial charge in [-0.1, -0.05) is 15.9 Å². The van der Waals surface area contributed by atoms with Gasteiger partial charge in [-0.2, -0.15) is 0 Å². The molecule has 0 atom stereocenters. The highest BCUT2D eigenvalue weighted by molar-refractivity contribution is 9.10. The Kier molecular flexibility index (Phi) is 3.16. The number of halogens is 1. The summed E-state index contributed by atoms with van der Waals surface area (Å²) in [6.07, 6.45) is 0. The molecule has 1 aromatic heterocycles. The highest BCUT2D eigenvalue weighted by Gasteiger charge is 2.18. The molecule has 0 aliphatic carbocycles. The second kappa shape index (κ2) is 4.43. The number of esters is 1. The van der Waals surface area contributed by atoms with E-state index in [0.29, 0.717) is 12.0 Å². The van der Waals surface area contributed by atoms with E-state index in [1.54, 1.807) is 13.0 Å². The predicted molar refractivity (Wildman–Crippen MR) is 67.1 cm³/mol. The molecule has 0 amide bonds. The summed E-state index contributed by atoms with van der Waals surface area (Å²) >= 11 is 4.57. The maximum atomic E-state index is 11.5. The van der Waals surface area contributed by atoms with Crippen molar-refractivity contribution >= 4 is 43.3 Å². The van der Waals surface area contributed by atoms with Crippen molar-refractivity contribution in [3.05, 3.63) is 27.5 Å². The number of carbonyl (C=O) groups is 1. The Hall–Kier alpha value is -1.07. The zero-order chi connectivity index (χ0) is 11.7. The van der Waals surface area contributed by atoms with Crippen LogP contribution in [0.15, 0.2) is 22.7 Å². The first-order chi connectivity index (χ1) is 7.63. The molecule has 0 fully saturated rings. The number of carbonyl (C=O) groups excluding carboxylic acids is 1. The van der Waals surface area contributed by atoms with Crippen LogP contribution in [0.5, 0.6) is 5.75 Å². The Bertz CT molecular complexity index is 547. The van der Waals surface area contributed by atoms with Crippen LogP contribution in [-0.4, -0.2) is 17.7 Å². The molecular weight excluding hydrogens is 292 g/mol. The van der Waals surface area contributed by atoms with Crippen LogP contribution in [0.2, 0.25) is 0 Å². The molecule has 5 heteroatoms. The Balaban J connectivity index is 2.55. The second-order valence-electron chi connectivity index (χ2n) is 3.14. The van der Waals surface area contributed by atoms with E-state index in [1.165, 1.54) is 11.3 Å². The molecule has 1 aromatic carbocycles. The molecule has 0 aliphatic rings. The molecule has 0 spiro atoms. The Morgan fingerprint density at radius 1 is 1.56 bits per heavy atom. The number of fused-ring (bicyclic) bond motifs is 1. The Labute approximate surface area is 105 Å². The highest BCUT2D eigenvalue weighted by Crippen LogP contribution is 2.38. The average Bonchev–Trinajstić information content (AvgIpc) is 2.56. The zero-order valence-electron chi connectivity index (χ0n) is 8.49. The van der Waals surface area contributed by atoms with Crippen molar-refractivity contribution in [3.8, 4) is 5.75 Å². The monoisotopic (exact) mass is 300 g/mol. The van der Waals surface area contributed by atoms with Crippen LogP contribution in [0.1, 0.15) is 16.6 Å². The van der Waals surface area contributed by atoms with E-state index in [0.717, 1.165) is 9.17 Å². The van der Waals surface area contributed by atoms with Gasteiger partial charge in [-0.15, -0.1) is 11.3 Å². The fraction of sp³-hybridized carbons (Fsp3) is 0.182. The molecule has 0 radical (unpaired) electrons. The predicted octanol–water partition coefficient (Wildman–Crippen LogP) is 3.55. The lowest BCUT2D eigenvalue weighted by Gasteiger charge is -1.98. The van der Waals surface area contributed by atoms with Crippen LogP contribution in [0.25, 0.3) is 10.1 Å². The molecule has 1 heterocycles. The van der Waals surface area contributed by atoms with Gasteiger partial charge in [0.2, 0.25) is 0 Å². The summed E-state index contributed by atoms with van der Waals surface area (Å²) in [7, 11) is 0.